The molecule has 2 aliphatic rings. The first kappa shape index (κ1) is 8.92. The summed E-state index contributed by atoms with van der Waals surface area (Å²) in [5.74, 6) is 1.74. The Morgan fingerprint density at radius 3 is 2.71 bits per heavy atom. The van der Waals surface area contributed by atoms with Crippen molar-refractivity contribution in [3.8, 4) is 0 Å². The third kappa shape index (κ3) is 1.50. The lowest BCUT2D eigenvalue weighted by atomic mass is 10.0. The molecule has 0 spiro atoms. The summed E-state index contributed by atoms with van der Waals surface area (Å²) in [4.78, 5) is 0. The third-order valence-electron chi connectivity index (χ3n) is 3.39. The number of halogens is 1. The van der Waals surface area contributed by atoms with Crippen LogP contribution in [0.5, 0.6) is 0 Å². The summed E-state index contributed by atoms with van der Waals surface area (Å²) in [7, 11) is 0. The molecule has 0 unspecified atom stereocenters. The van der Waals surface area contributed by atoms with E-state index in [-0.39, 0.29) is 0 Å². The van der Waals surface area contributed by atoms with Crippen LogP contribution in [-0.4, -0.2) is 15.3 Å². The van der Waals surface area contributed by atoms with Crippen LogP contribution < -0.4 is 5.32 Å². The molecule has 2 saturated carbocycles. The fourth-order valence-corrected chi connectivity index (χ4v) is 2.81. The zero-order chi connectivity index (χ0) is 9.60. The molecule has 14 heavy (non-hydrogen) atoms. The van der Waals surface area contributed by atoms with Crippen molar-refractivity contribution in [1.29, 1.82) is 0 Å². The Bertz CT molecular complexity index is 344. The van der Waals surface area contributed by atoms with Crippen LogP contribution in [0.2, 0.25) is 5.15 Å². The molecule has 1 aromatic rings. The number of nitrogens with one attached hydrogen (secondary N) is 1. The molecule has 0 aliphatic heterocycles. The smallest absolute Gasteiger partial charge is 0.186 e. The molecule has 2 aliphatic carbocycles. The van der Waals surface area contributed by atoms with Gasteiger partial charge in [-0.05, 0) is 37.0 Å². The van der Waals surface area contributed by atoms with E-state index in [1.165, 1.54) is 37.4 Å². The van der Waals surface area contributed by atoms with Crippen molar-refractivity contribution in [3.05, 3.63) is 5.15 Å². The van der Waals surface area contributed by atoms with Gasteiger partial charge in [-0.3, -0.25) is 0 Å². The van der Waals surface area contributed by atoms with E-state index in [4.69, 9.17) is 11.6 Å². The van der Waals surface area contributed by atoms with Crippen molar-refractivity contribution in [3.63, 3.8) is 0 Å². The summed E-state index contributed by atoms with van der Waals surface area (Å²) in [5, 5.41) is 3.84. The van der Waals surface area contributed by atoms with Gasteiger partial charge in [-0.25, -0.2) is 0 Å². The summed E-state index contributed by atoms with van der Waals surface area (Å²) < 4.78 is 8.05. The number of anilines is 1. The average molecular weight is 230 g/mol. The van der Waals surface area contributed by atoms with Crippen LogP contribution in [0, 0.1) is 11.3 Å². The minimum absolute atomic E-state index is 0.515. The molecule has 0 bridgehead atoms. The van der Waals surface area contributed by atoms with E-state index < -0.39 is 0 Å². The number of hydrogen-bond acceptors (Lipinski definition) is 4. The van der Waals surface area contributed by atoms with Gasteiger partial charge in [0.1, 0.15) is 0 Å². The van der Waals surface area contributed by atoms with E-state index in [2.05, 4.69) is 14.1 Å². The van der Waals surface area contributed by atoms with E-state index in [0.717, 1.165) is 18.3 Å². The van der Waals surface area contributed by atoms with Crippen LogP contribution in [0.15, 0.2) is 0 Å². The normalized spacial score (nSPS) is 23.5. The van der Waals surface area contributed by atoms with E-state index in [9.17, 15) is 0 Å². The maximum absolute atomic E-state index is 5.86. The number of nitrogens with zero attached hydrogens (tertiary/aromatic N) is 2. The molecule has 0 aromatic carbocycles. The van der Waals surface area contributed by atoms with Crippen molar-refractivity contribution in [2.24, 2.45) is 11.3 Å². The Hall–Kier alpha value is -0.350. The number of rotatable bonds is 4. The molecule has 1 N–H and O–H groups in total. The second-order valence-electron chi connectivity index (χ2n) is 4.39. The van der Waals surface area contributed by atoms with E-state index in [1.807, 2.05) is 0 Å². The topological polar surface area (TPSA) is 37.8 Å². The van der Waals surface area contributed by atoms with E-state index >= 15 is 0 Å². The lowest BCUT2D eigenvalue weighted by Crippen LogP contribution is -2.17. The Morgan fingerprint density at radius 2 is 2.21 bits per heavy atom. The fraction of sp³-hybridized carbons (Fsp3) is 0.778. The van der Waals surface area contributed by atoms with Gasteiger partial charge in [0.05, 0.1) is 11.7 Å². The van der Waals surface area contributed by atoms with Gasteiger partial charge >= 0.3 is 0 Å². The summed E-state index contributed by atoms with van der Waals surface area (Å²) in [6.07, 6.45) is 5.59. The van der Waals surface area contributed by atoms with E-state index in [1.54, 1.807) is 0 Å². The van der Waals surface area contributed by atoms with Crippen LogP contribution in [-0.2, 0) is 0 Å². The fourth-order valence-electron chi connectivity index (χ4n) is 2.13. The van der Waals surface area contributed by atoms with Crippen molar-refractivity contribution >= 4 is 29.1 Å². The van der Waals surface area contributed by atoms with Crippen molar-refractivity contribution in [2.75, 3.05) is 11.9 Å². The lowest BCUT2D eigenvalue weighted by Gasteiger charge is -2.14. The van der Waals surface area contributed by atoms with Gasteiger partial charge in [-0.1, -0.05) is 11.6 Å². The molecule has 76 valence electrons. The maximum atomic E-state index is 5.86. The van der Waals surface area contributed by atoms with Gasteiger partial charge in [0.15, 0.2) is 11.0 Å². The Morgan fingerprint density at radius 1 is 1.43 bits per heavy atom. The van der Waals surface area contributed by atoms with Crippen LogP contribution in [0.4, 0.5) is 5.82 Å². The molecule has 5 heteroatoms. The average Bonchev–Trinajstić information content (AvgIpc) is 3.04. The van der Waals surface area contributed by atoms with Crippen molar-refractivity contribution in [1.82, 2.24) is 8.75 Å². The lowest BCUT2D eigenvalue weighted by molar-refractivity contribution is 0.466. The number of aromatic nitrogens is 2. The zero-order valence-electron chi connectivity index (χ0n) is 7.79. The minimum atomic E-state index is 0.515. The van der Waals surface area contributed by atoms with Crippen LogP contribution in [0.25, 0.3) is 0 Å². The highest BCUT2D eigenvalue weighted by molar-refractivity contribution is 6.99. The predicted molar refractivity (Wildman–Crippen MR) is 57.8 cm³/mol. The molecular formula is C9H12ClN3S. The summed E-state index contributed by atoms with van der Waals surface area (Å²) >= 11 is 7.03. The van der Waals surface area contributed by atoms with Crippen molar-refractivity contribution in [2.45, 2.75) is 25.7 Å². The first-order valence-corrected chi connectivity index (χ1v) is 6.13. The molecule has 2 fully saturated rings. The van der Waals surface area contributed by atoms with Gasteiger partial charge < -0.3 is 5.32 Å². The van der Waals surface area contributed by atoms with E-state index in [0.29, 0.717) is 10.6 Å². The quantitative estimate of drug-likeness (QED) is 0.863. The first-order chi connectivity index (χ1) is 6.80. The molecule has 0 amide bonds. The summed E-state index contributed by atoms with van der Waals surface area (Å²) in [5.41, 5.74) is 0.590. The Labute approximate surface area is 92.2 Å². The third-order valence-corrected chi connectivity index (χ3v) is 4.28. The molecule has 1 aromatic heterocycles. The summed E-state index contributed by atoms with van der Waals surface area (Å²) in [6, 6.07) is 0. The molecule has 0 radical (unpaired) electrons. The number of hydrogen-bond donors (Lipinski definition) is 1. The van der Waals surface area contributed by atoms with Crippen LogP contribution in [0.3, 0.4) is 0 Å². The van der Waals surface area contributed by atoms with Crippen molar-refractivity contribution < 1.29 is 0 Å². The minimum Gasteiger partial charge on any atom is -0.366 e. The Balaban J connectivity index is 1.61. The molecule has 0 atom stereocenters. The summed E-state index contributed by atoms with van der Waals surface area (Å²) in [6.45, 7) is 1.03. The van der Waals surface area contributed by atoms with Gasteiger partial charge in [-0.15, -0.1) is 0 Å². The highest BCUT2D eigenvalue weighted by atomic mass is 35.5. The second-order valence-corrected chi connectivity index (χ2v) is 5.28. The molecule has 3 nitrogen and oxygen atoms in total. The maximum Gasteiger partial charge on any atom is 0.186 e. The second kappa shape index (κ2) is 3.07. The molecule has 0 saturated heterocycles. The van der Waals surface area contributed by atoms with Crippen LogP contribution >= 0.6 is 23.3 Å². The molecule has 3 rings (SSSR count). The highest BCUT2D eigenvalue weighted by Crippen LogP contribution is 2.61. The monoisotopic (exact) mass is 229 g/mol. The predicted octanol–water partition coefficient (Wildman–Crippen LogP) is 2.79. The first-order valence-electron chi connectivity index (χ1n) is 5.02. The van der Waals surface area contributed by atoms with Gasteiger partial charge in [0, 0.05) is 6.54 Å². The van der Waals surface area contributed by atoms with Crippen LogP contribution in [0.1, 0.15) is 25.7 Å². The van der Waals surface area contributed by atoms with Gasteiger partial charge in [0.2, 0.25) is 0 Å². The SMILES string of the molecule is Clc1nsnc1NCC1(C2CC2)CC1. The molecular weight excluding hydrogens is 218 g/mol. The highest BCUT2D eigenvalue weighted by Gasteiger charge is 2.53. The molecule has 1 heterocycles. The Kier molecular flexibility index (Phi) is 1.96. The largest absolute Gasteiger partial charge is 0.366 e. The van der Waals surface area contributed by atoms with Gasteiger partial charge in [-0.2, -0.15) is 8.75 Å². The van der Waals surface area contributed by atoms with Gasteiger partial charge in [0.25, 0.3) is 0 Å². The zero-order valence-corrected chi connectivity index (χ0v) is 9.37. The standard InChI is InChI=1S/C9H12ClN3S/c10-7-8(13-14-12-7)11-5-9(3-4-9)6-1-2-6/h6H,1-5H2,(H,11,13).